The summed E-state index contributed by atoms with van der Waals surface area (Å²) in [6.07, 6.45) is -1.51. The summed E-state index contributed by atoms with van der Waals surface area (Å²) in [5.74, 6) is 8.96. The van der Waals surface area contributed by atoms with Gasteiger partial charge in [0.15, 0.2) is 68.4 Å². The van der Waals surface area contributed by atoms with Crippen LogP contribution in [0, 0.1) is 20.8 Å². The Labute approximate surface area is 736 Å². The zero-order valence-corrected chi connectivity index (χ0v) is 70.0. The quantitative estimate of drug-likeness (QED) is 0.119. The summed E-state index contributed by atoms with van der Waals surface area (Å²) < 4.78 is 126. The van der Waals surface area contributed by atoms with E-state index in [1.807, 2.05) is 112 Å². The number of benzene rings is 6. The SMILES string of the molecule is CN(C)c1nc2ccc(Cl)cc2c2nc(-c3ccco3)nn12.COc1ccc2nc(N)n3nc(-c4ccco4)nc3c2c1.Cc1ccc(-c2nc3c4ccccc4nc(C)n3n2)o1.Cc1nc2cccc(C(F)(F)F)c2c2nc(-c3ccco3)nn12.Nc1nc2cccc(C(F)(F)F)c2c2nc(-c3ccco3)nn12.O=c1[nH]c2ccc(Cl)c(Cl)c2c2nc(-c3ccco3)nn12. The predicted octanol–water partition coefficient (Wildman–Crippen LogP) is 18.7. The lowest BCUT2D eigenvalue weighted by atomic mass is 10.1. The Morgan fingerprint density at radius 2 is 0.808 bits per heavy atom. The first-order valence-corrected chi connectivity index (χ1v) is 39.7. The van der Waals surface area contributed by atoms with Crippen LogP contribution < -0.4 is 26.8 Å². The number of H-pyrrole nitrogens is 1. The lowest BCUT2D eigenvalue weighted by Crippen LogP contribution is -2.17. The van der Waals surface area contributed by atoms with E-state index in [0.29, 0.717) is 113 Å². The van der Waals surface area contributed by atoms with Gasteiger partial charge in [0.05, 0.1) is 109 Å². The van der Waals surface area contributed by atoms with E-state index < -0.39 is 29.2 Å². The standard InChI is InChI=1S/C15H12ClN5O.C15H9F3N4O.C15H12N4O.C14H8F3N5O.C14H11N5O2.C13H6Cl2N4O2/c1-20(2)15-17-11-6-5-9(16)8-10(11)14-18-13(19-21(14)15)12-4-3-7-22-12;1-8-19-10-5-2-4-9(15(16,17)18)12(10)14-20-13(21-22(8)14)11-6-3-7-23-11;1-9-7-8-13(20-9)14-17-15-11-5-3-4-6-12(11)16-10(2)19(15)18-14;15-14(16,17)7-3-1-4-8-10(7)12-20-11(9-5-2-6-23-9)21-22(12)13(18)19-8;1-20-8-4-5-10-9(7-8)13-17-12(11-3-2-6-21-11)18-19(13)14(15)16-10;14-6-3-4-7-9(10(6)15)12-17-11(8-2-1-5-21-8)18-19(12)13(20)16-7/h3-8H,1-2H3;2-7H,1H3;3-8H,1-2H3;1-6H,(H2,18,19);2-7H,1H3,(H2,15,16);1-5H,(H,16,20). The van der Waals surface area contributed by atoms with Gasteiger partial charge in [0.25, 0.3) is 0 Å². The molecule has 0 unspecified atom stereocenters. The second kappa shape index (κ2) is 33.0. The average molecular weight is 1820 g/mol. The van der Waals surface area contributed by atoms with Crippen molar-refractivity contribution < 1.29 is 57.6 Å². The van der Waals surface area contributed by atoms with Crippen molar-refractivity contribution in [3.63, 3.8) is 0 Å². The molecule has 18 aromatic heterocycles. The number of aromatic nitrogens is 24. The van der Waals surface area contributed by atoms with Crippen molar-refractivity contribution >= 4 is 152 Å². The highest BCUT2D eigenvalue weighted by Crippen LogP contribution is 2.41. The van der Waals surface area contributed by atoms with Crippen molar-refractivity contribution in [3.8, 4) is 75.3 Å². The van der Waals surface area contributed by atoms with Gasteiger partial charge in [-0.05, 0) is 178 Å². The van der Waals surface area contributed by atoms with Gasteiger partial charge in [-0.1, -0.05) is 59.1 Å². The summed E-state index contributed by atoms with van der Waals surface area (Å²) in [4.78, 5) is 64.8. The highest BCUT2D eigenvalue weighted by Gasteiger charge is 2.36. The Kier molecular flexibility index (Phi) is 21.0. The number of aromatic amines is 1. The first-order valence-electron chi connectivity index (χ1n) is 38.6. The lowest BCUT2D eigenvalue weighted by Gasteiger charge is -2.13. The van der Waals surface area contributed by atoms with Crippen LogP contribution in [-0.2, 0) is 12.4 Å². The number of halogens is 9. The minimum Gasteiger partial charge on any atom is -0.497 e. The summed E-state index contributed by atoms with van der Waals surface area (Å²) >= 11 is 18.4. The number of aryl methyl sites for hydroxylation is 3. The van der Waals surface area contributed by atoms with Gasteiger partial charge in [-0.25, -0.2) is 59.6 Å². The molecule has 0 amide bonds. The van der Waals surface area contributed by atoms with Gasteiger partial charge in [-0.3, -0.25) is 0 Å². The number of methoxy groups -OCH3 is 1. The van der Waals surface area contributed by atoms with Gasteiger partial charge >= 0.3 is 18.0 Å². The maximum absolute atomic E-state index is 13.3. The number of nitrogens with zero attached hydrogens (tertiary/aromatic N) is 24. The smallest absolute Gasteiger partial charge is 0.417 e. The van der Waals surface area contributed by atoms with Gasteiger partial charge in [-0.2, -0.15) is 53.4 Å². The van der Waals surface area contributed by atoms with E-state index >= 15 is 0 Å². The monoisotopic (exact) mass is 1820 g/mol. The second-order valence-corrected chi connectivity index (χ2v) is 29.8. The summed E-state index contributed by atoms with van der Waals surface area (Å²) in [7, 11) is 5.44. The predicted molar refractivity (Wildman–Crippen MR) is 468 cm³/mol. The molecule has 0 aliphatic rings. The van der Waals surface area contributed by atoms with Gasteiger partial charge in [0.1, 0.15) is 23.2 Å². The highest BCUT2D eigenvalue weighted by atomic mass is 35.5. The molecule has 0 aliphatic carbocycles. The number of para-hydroxylation sites is 1. The maximum atomic E-state index is 13.3. The highest BCUT2D eigenvalue weighted by molar-refractivity contribution is 6.46. The Bertz CT molecular complexity index is 8310. The third kappa shape index (κ3) is 15.5. The van der Waals surface area contributed by atoms with E-state index in [4.69, 9.17) is 77.5 Å². The fourth-order valence-electron chi connectivity index (χ4n) is 14.1. The number of nitrogens with one attached hydrogen (secondary N) is 1. The summed E-state index contributed by atoms with van der Waals surface area (Å²) in [6, 6.07) is 50.8. The number of nitrogen functional groups attached to an aromatic ring is 2. The third-order valence-electron chi connectivity index (χ3n) is 19.9. The van der Waals surface area contributed by atoms with Crippen LogP contribution in [0.5, 0.6) is 5.75 Å². The van der Waals surface area contributed by atoms with Crippen LogP contribution in [0.4, 0.5) is 44.2 Å². The van der Waals surface area contributed by atoms with E-state index in [1.54, 1.807) is 102 Å². The third-order valence-corrected chi connectivity index (χ3v) is 20.9. The van der Waals surface area contributed by atoms with E-state index in [1.165, 1.54) is 52.1 Å². The zero-order valence-electron chi connectivity index (χ0n) is 67.8. The molecule has 0 fully saturated rings. The molecule has 0 spiro atoms. The molecule has 35 nitrogen and oxygen atoms in total. The van der Waals surface area contributed by atoms with E-state index in [-0.39, 0.29) is 56.6 Å². The number of furan rings is 6. The molecule has 0 radical (unpaired) electrons. The number of hydrogen-bond donors (Lipinski definition) is 3. The molecule has 0 bridgehead atoms. The van der Waals surface area contributed by atoms with Crippen molar-refractivity contribution in [2.75, 3.05) is 37.6 Å². The van der Waals surface area contributed by atoms with E-state index in [2.05, 4.69) is 90.4 Å². The Morgan fingerprint density at radius 3 is 1.32 bits per heavy atom. The normalized spacial score (nSPS) is 11.7. The number of nitrogens with two attached hydrogens (primary N) is 2. The first kappa shape index (κ1) is 82.9. The average Bonchev–Trinajstić information content (AvgIpc) is 1.44. The van der Waals surface area contributed by atoms with Crippen LogP contribution in [0.3, 0.4) is 0 Å². The molecule has 0 saturated heterocycles. The lowest BCUT2D eigenvalue weighted by molar-refractivity contribution is -0.137. The fourth-order valence-corrected chi connectivity index (χ4v) is 14.7. The number of fused-ring (bicyclic) bond motifs is 18. The molecule has 5 N–H and O–H groups in total. The molecule has 0 saturated carbocycles. The molecule has 0 atom stereocenters. The summed E-state index contributed by atoms with van der Waals surface area (Å²) in [6.45, 7) is 5.49. The van der Waals surface area contributed by atoms with Crippen LogP contribution in [0.2, 0.25) is 15.1 Å². The van der Waals surface area contributed by atoms with Crippen LogP contribution in [-0.4, -0.2) is 139 Å². The summed E-state index contributed by atoms with van der Waals surface area (Å²) in [5, 5.41) is 30.1. The van der Waals surface area contributed by atoms with Crippen molar-refractivity contribution in [3.05, 3.63) is 267 Å². The van der Waals surface area contributed by atoms with Gasteiger partial charge in [0, 0.05) is 35.3 Å². The molecule has 130 heavy (non-hydrogen) atoms. The molecule has 44 heteroatoms. The van der Waals surface area contributed by atoms with Crippen molar-refractivity contribution in [1.29, 1.82) is 0 Å². The fraction of sp³-hybridized carbons (Fsp3) is 0.0930. The topological polar surface area (TPSA) is 422 Å². The van der Waals surface area contributed by atoms with E-state index in [0.717, 1.165) is 76.9 Å². The molecule has 24 aromatic rings. The summed E-state index contributed by atoms with van der Waals surface area (Å²) in [5.41, 5.74) is 15.6. The number of anilines is 3. The maximum Gasteiger partial charge on any atom is 0.417 e. The molecule has 6 aromatic carbocycles. The number of ether oxygens (including phenoxy) is 1. The first-order chi connectivity index (χ1) is 62.7. The van der Waals surface area contributed by atoms with Crippen LogP contribution >= 0.6 is 34.8 Å². The van der Waals surface area contributed by atoms with Gasteiger partial charge < -0.3 is 52.6 Å². The number of rotatable bonds is 8. The minimum atomic E-state index is -4.55. The molecule has 0 aliphatic heterocycles. The van der Waals surface area contributed by atoms with Crippen molar-refractivity contribution in [1.82, 2.24) is 117 Å². The molecule has 24 rings (SSSR count). The van der Waals surface area contributed by atoms with Crippen LogP contribution in [0.1, 0.15) is 28.5 Å². The van der Waals surface area contributed by atoms with Crippen LogP contribution in [0.15, 0.2) is 245 Å². The molecule has 18 heterocycles. The van der Waals surface area contributed by atoms with Crippen molar-refractivity contribution in [2.45, 2.75) is 33.1 Å². The molecular formula is C86H58Cl3F6N27O8. The van der Waals surface area contributed by atoms with Gasteiger partial charge in [-0.15, -0.1) is 30.6 Å². The van der Waals surface area contributed by atoms with E-state index in [9.17, 15) is 31.1 Å². The number of alkyl halides is 6. The molecule has 648 valence electrons. The largest absolute Gasteiger partial charge is 0.497 e. The second-order valence-electron chi connectivity index (χ2n) is 28.6. The number of hydrogen-bond acceptors (Lipinski definition) is 28. The van der Waals surface area contributed by atoms with Crippen LogP contribution in [0.25, 0.3) is 169 Å². The Balaban J connectivity index is 0.000000101. The Hall–Kier alpha value is -16.7. The van der Waals surface area contributed by atoms with Crippen molar-refractivity contribution in [2.24, 2.45) is 0 Å². The molecular weight excluding hydrogens is 1760 g/mol. The minimum absolute atomic E-state index is 0.0215. The zero-order chi connectivity index (χ0) is 90.3. The van der Waals surface area contributed by atoms with Gasteiger partial charge in [0.2, 0.25) is 52.8 Å². The Morgan fingerprint density at radius 1 is 0.392 bits per heavy atom.